The van der Waals surface area contributed by atoms with Gasteiger partial charge in [0.1, 0.15) is 0 Å². The fourth-order valence-electron chi connectivity index (χ4n) is 3.26. The minimum Gasteiger partial charge on any atom is -0.368 e. The Labute approximate surface area is 143 Å². The van der Waals surface area contributed by atoms with Crippen LogP contribution in [0.25, 0.3) is 21.9 Å². The molecule has 118 valence electrons. The van der Waals surface area contributed by atoms with E-state index in [1.165, 1.54) is 27.6 Å². The van der Waals surface area contributed by atoms with E-state index in [0.29, 0.717) is 0 Å². The second-order valence-corrected chi connectivity index (χ2v) is 5.82. The first kappa shape index (κ1) is 15.9. The number of nitrogens with one attached hydrogen (secondary N) is 1. The van der Waals surface area contributed by atoms with Gasteiger partial charge in [-0.3, -0.25) is 0 Å². The summed E-state index contributed by atoms with van der Waals surface area (Å²) in [6, 6.07) is 24.0. The smallest absolute Gasteiger partial charge is 0.0453 e. The van der Waals surface area contributed by atoms with Gasteiger partial charge in [-0.15, -0.1) is 12.4 Å². The molecule has 2 nitrogen and oxygen atoms in total. The van der Waals surface area contributed by atoms with Gasteiger partial charge in [-0.25, -0.2) is 0 Å². The topological polar surface area (TPSA) is 15.3 Å². The normalized spacial score (nSPS) is 14.5. The molecule has 0 bridgehead atoms. The number of benzene rings is 3. The van der Waals surface area contributed by atoms with Crippen molar-refractivity contribution in [2.45, 2.75) is 0 Å². The molecule has 0 aliphatic carbocycles. The Morgan fingerprint density at radius 1 is 0.739 bits per heavy atom. The van der Waals surface area contributed by atoms with Gasteiger partial charge in [0.15, 0.2) is 0 Å². The number of nitrogens with zero attached hydrogens (tertiary/aromatic N) is 1. The number of halogens is 1. The minimum atomic E-state index is 0. The first-order valence-corrected chi connectivity index (χ1v) is 7.96. The maximum Gasteiger partial charge on any atom is 0.0453 e. The van der Waals surface area contributed by atoms with E-state index in [-0.39, 0.29) is 12.4 Å². The van der Waals surface area contributed by atoms with E-state index in [0.717, 1.165) is 26.2 Å². The molecule has 1 heterocycles. The Balaban J connectivity index is 0.00000156. The van der Waals surface area contributed by atoms with Crippen LogP contribution in [0.15, 0.2) is 66.7 Å². The molecular weight excluding hydrogens is 304 g/mol. The zero-order valence-corrected chi connectivity index (χ0v) is 13.9. The third kappa shape index (κ3) is 3.19. The zero-order valence-electron chi connectivity index (χ0n) is 13.0. The molecule has 0 unspecified atom stereocenters. The van der Waals surface area contributed by atoms with Crippen molar-refractivity contribution < 1.29 is 0 Å². The Bertz CT molecular complexity index is 780. The van der Waals surface area contributed by atoms with Crippen LogP contribution in [0.3, 0.4) is 0 Å². The van der Waals surface area contributed by atoms with Gasteiger partial charge < -0.3 is 10.2 Å². The Hall–Kier alpha value is -2.03. The van der Waals surface area contributed by atoms with Crippen molar-refractivity contribution in [1.82, 2.24) is 5.32 Å². The van der Waals surface area contributed by atoms with Crippen LogP contribution in [0.2, 0.25) is 0 Å². The maximum absolute atomic E-state index is 3.44. The SMILES string of the molecule is Cl.c1ccc(-c2cc(N3CCNCC3)c3ccccc3c2)cc1. The summed E-state index contributed by atoms with van der Waals surface area (Å²) in [4.78, 5) is 2.51. The molecule has 1 aliphatic rings. The molecule has 0 radical (unpaired) electrons. The molecule has 1 fully saturated rings. The predicted octanol–water partition coefficient (Wildman–Crippen LogP) is 4.34. The van der Waals surface area contributed by atoms with E-state index in [1.54, 1.807) is 0 Å². The molecule has 0 aromatic heterocycles. The molecule has 23 heavy (non-hydrogen) atoms. The average Bonchev–Trinajstić information content (AvgIpc) is 2.62. The minimum absolute atomic E-state index is 0. The fourth-order valence-corrected chi connectivity index (χ4v) is 3.26. The number of fused-ring (bicyclic) bond motifs is 1. The van der Waals surface area contributed by atoms with Gasteiger partial charge in [-0.1, -0.05) is 54.6 Å². The summed E-state index contributed by atoms with van der Waals surface area (Å²) >= 11 is 0. The maximum atomic E-state index is 3.44. The van der Waals surface area contributed by atoms with E-state index in [4.69, 9.17) is 0 Å². The molecule has 3 aromatic carbocycles. The Kier molecular flexibility index (Phi) is 4.85. The van der Waals surface area contributed by atoms with Crippen LogP contribution in [0.5, 0.6) is 0 Å². The van der Waals surface area contributed by atoms with E-state index in [9.17, 15) is 0 Å². The number of anilines is 1. The molecule has 0 atom stereocenters. The summed E-state index contributed by atoms with van der Waals surface area (Å²) in [6.45, 7) is 4.26. The van der Waals surface area contributed by atoms with Gasteiger partial charge >= 0.3 is 0 Å². The van der Waals surface area contributed by atoms with Gasteiger partial charge in [0.05, 0.1) is 0 Å². The van der Waals surface area contributed by atoms with Crippen LogP contribution in [0.1, 0.15) is 0 Å². The Morgan fingerprint density at radius 2 is 1.43 bits per heavy atom. The predicted molar refractivity (Wildman–Crippen MR) is 102 cm³/mol. The van der Waals surface area contributed by atoms with E-state index >= 15 is 0 Å². The van der Waals surface area contributed by atoms with E-state index in [1.807, 2.05) is 0 Å². The molecule has 1 N–H and O–H groups in total. The highest BCUT2D eigenvalue weighted by Crippen LogP contribution is 2.33. The summed E-state index contributed by atoms with van der Waals surface area (Å²) in [5.74, 6) is 0. The van der Waals surface area contributed by atoms with Crippen molar-refractivity contribution in [3.63, 3.8) is 0 Å². The lowest BCUT2D eigenvalue weighted by Gasteiger charge is -2.31. The molecule has 0 amide bonds. The van der Waals surface area contributed by atoms with Crippen LogP contribution < -0.4 is 10.2 Å². The highest BCUT2D eigenvalue weighted by atomic mass is 35.5. The van der Waals surface area contributed by atoms with Crippen molar-refractivity contribution in [2.24, 2.45) is 0 Å². The van der Waals surface area contributed by atoms with Crippen molar-refractivity contribution in [3.05, 3.63) is 66.7 Å². The number of rotatable bonds is 2. The first-order valence-electron chi connectivity index (χ1n) is 7.96. The molecule has 1 aliphatic heterocycles. The number of piperazine rings is 1. The quantitative estimate of drug-likeness (QED) is 0.754. The van der Waals surface area contributed by atoms with Gasteiger partial charge in [-0.2, -0.15) is 0 Å². The lowest BCUT2D eigenvalue weighted by atomic mass is 9.99. The van der Waals surface area contributed by atoms with Gasteiger partial charge in [0.2, 0.25) is 0 Å². The monoisotopic (exact) mass is 324 g/mol. The molecule has 4 rings (SSSR count). The molecule has 1 saturated heterocycles. The van der Waals surface area contributed by atoms with Crippen molar-refractivity contribution in [2.75, 3.05) is 31.1 Å². The standard InChI is InChI=1S/C20H20N2.ClH/c1-2-6-16(7-3-1)18-14-17-8-4-5-9-19(17)20(15-18)22-12-10-21-11-13-22;/h1-9,14-15,21H,10-13H2;1H. The van der Waals surface area contributed by atoms with E-state index < -0.39 is 0 Å². The summed E-state index contributed by atoms with van der Waals surface area (Å²) in [7, 11) is 0. The van der Waals surface area contributed by atoms with Crippen LogP contribution >= 0.6 is 12.4 Å². The van der Waals surface area contributed by atoms with Crippen LogP contribution in [0.4, 0.5) is 5.69 Å². The zero-order chi connectivity index (χ0) is 14.8. The largest absolute Gasteiger partial charge is 0.368 e. The van der Waals surface area contributed by atoms with Gasteiger partial charge in [0.25, 0.3) is 0 Å². The van der Waals surface area contributed by atoms with Crippen LogP contribution in [-0.2, 0) is 0 Å². The highest BCUT2D eigenvalue weighted by molar-refractivity contribution is 5.98. The molecule has 3 aromatic rings. The second-order valence-electron chi connectivity index (χ2n) is 5.82. The lowest BCUT2D eigenvalue weighted by Crippen LogP contribution is -2.43. The van der Waals surface area contributed by atoms with Crippen LogP contribution in [0, 0.1) is 0 Å². The van der Waals surface area contributed by atoms with Crippen molar-refractivity contribution in [3.8, 4) is 11.1 Å². The lowest BCUT2D eigenvalue weighted by molar-refractivity contribution is 0.590. The first-order chi connectivity index (χ1) is 10.9. The van der Waals surface area contributed by atoms with E-state index in [2.05, 4.69) is 76.9 Å². The molecule has 0 saturated carbocycles. The molecule has 3 heteroatoms. The number of hydrogen-bond acceptors (Lipinski definition) is 2. The summed E-state index contributed by atoms with van der Waals surface area (Å²) in [5.41, 5.74) is 3.94. The van der Waals surface area contributed by atoms with Crippen molar-refractivity contribution in [1.29, 1.82) is 0 Å². The van der Waals surface area contributed by atoms with Crippen molar-refractivity contribution >= 4 is 28.9 Å². The average molecular weight is 325 g/mol. The number of hydrogen-bond donors (Lipinski definition) is 1. The third-order valence-electron chi connectivity index (χ3n) is 4.40. The molecule has 0 spiro atoms. The third-order valence-corrected chi connectivity index (χ3v) is 4.40. The fraction of sp³-hybridized carbons (Fsp3) is 0.200. The van der Waals surface area contributed by atoms with Crippen LogP contribution in [-0.4, -0.2) is 26.2 Å². The summed E-state index contributed by atoms with van der Waals surface area (Å²) in [6.07, 6.45) is 0. The Morgan fingerprint density at radius 3 is 2.22 bits per heavy atom. The van der Waals surface area contributed by atoms with Gasteiger partial charge in [-0.05, 0) is 28.6 Å². The highest BCUT2D eigenvalue weighted by Gasteiger charge is 2.14. The second kappa shape index (κ2) is 7.03. The van der Waals surface area contributed by atoms with Gasteiger partial charge in [0, 0.05) is 37.3 Å². The summed E-state index contributed by atoms with van der Waals surface area (Å²) < 4.78 is 0. The molecular formula is C20H21ClN2. The summed E-state index contributed by atoms with van der Waals surface area (Å²) in [5, 5.41) is 6.11.